The van der Waals surface area contributed by atoms with E-state index in [1.807, 2.05) is 30.3 Å². The smallest absolute Gasteiger partial charge is 0.230 e. The van der Waals surface area contributed by atoms with Crippen molar-refractivity contribution in [1.82, 2.24) is 4.31 Å². The summed E-state index contributed by atoms with van der Waals surface area (Å²) in [6.45, 7) is 2.58. The predicted molar refractivity (Wildman–Crippen MR) is 118 cm³/mol. The number of nitriles is 1. The van der Waals surface area contributed by atoms with Crippen LogP contribution in [0.15, 0.2) is 48.5 Å². The summed E-state index contributed by atoms with van der Waals surface area (Å²) < 4.78 is 25.7. The second kappa shape index (κ2) is 9.61. The highest BCUT2D eigenvalue weighted by Gasteiger charge is 2.33. The average molecular weight is 446 g/mol. The number of rotatable bonds is 6. The third kappa shape index (κ3) is 5.01. The lowest BCUT2D eigenvalue weighted by atomic mass is 9.95. The normalized spacial score (nSPS) is 15.5. The molecule has 1 aliphatic rings. The maximum Gasteiger partial charge on any atom is 0.230 e. The molecule has 1 amide bonds. The summed E-state index contributed by atoms with van der Waals surface area (Å²) >= 11 is 6.18. The van der Waals surface area contributed by atoms with Gasteiger partial charge < -0.3 is 4.90 Å². The summed E-state index contributed by atoms with van der Waals surface area (Å²) in [5, 5.41) is 10.0. The van der Waals surface area contributed by atoms with E-state index >= 15 is 0 Å². The largest absolute Gasteiger partial charge is 0.306 e. The number of piperidine rings is 1. The van der Waals surface area contributed by atoms with Gasteiger partial charge in [-0.25, -0.2) is 12.7 Å². The number of halogens is 1. The highest BCUT2D eigenvalue weighted by atomic mass is 35.5. The van der Waals surface area contributed by atoms with E-state index in [0.29, 0.717) is 48.7 Å². The molecule has 0 saturated carbocycles. The van der Waals surface area contributed by atoms with Gasteiger partial charge in [-0.15, -0.1) is 0 Å². The number of sulfonamides is 1. The zero-order valence-corrected chi connectivity index (χ0v) is 18.4. The van der Waals surface area contributed by atoms with Gasteiger partial charge in [0.15, 0.2) is 0 Å². The van der Waals surface area contributed by atoms with E-state index in [0.717, 1.165) is 5.56 Å². The van der Waals surface area contributed by atoms with Gasteiger partial charge in [-0.3, -0.25) is 4.79 Å². The van der Waals surface area contributed by atoms with Crippen LogP contribution in [0.3, 0.4) is 0 Å². The fourth-order valence-electron chi connectivity index (χ4n) is 3.65. The van der Waals surface area contributed by atoms with Crippen LogP contribution in [0.4, 0.5) is 5.69 Å². The number of carbonyl (C=O) groups is 1. The average Bonchev–Trinajstić information content (AvgIpc) is 2.78. The molecule has 1 saturated heterocycles. The maximum atomic E-state index is 13.5. The number of carbonyl (C=O) groups excluding carboxylic acids is 1. The van der Waals surface area contributed by atoms with Gasteiger partial charge in [0.05, 0.1) is 23.5 Å². The minimum Gasteiger partial charge on any atom is -0.306 e. The molecule has 1 aliphatic heterocycles. The van der Waals surface area contributed by atoms with Gasteiger partial charge in [-0.1, -0.05) is 41.9 Å². The quantitative estimate of drug-likeness (QED) is 0.677. The Morgan fingerprint density at radius 1 is 1.20 bits per heavy atom. The van der Waals surface area contributed by atoms with Gasteiger partial charge in [0, 0.05) is 24.0 Å². The van der Waals surface area contributed by atoms with Gasteiger partial charge in [0.25, 0.3) is 0 Å². The Balaban J connectivity index is 1.89. The van der Waals surface area contributed by atoms with Gasteiger partial charge in [-0.2, -0.15) is 5.26 Å². The van der Waals surface area contributed by atoms with Crippen molar-refractivity contribution >= 4 is 33.2 Å². The van der Waals surface area contributed by atoms with Gasteiger partial charge in [0.1, 0.15) is 6.07 Å². The predicted octanol–water partition coefficient (Wildman–Crippen LogP) is 3.81. The lowest BCUT2D eigenvalue weighted by molar-refractivity contribution is -0.123. The highest BCUT2D eigenvalue weighted by Crippen LogP contribution is 2.30. The number of amides is 1. The summed E-state index contributed by atoms with van der Waals surface area (Å²) in [7, 11) is -3.26. The number of hydrogen-bond acceptors (Lipinski definition) is 4. The van der Waals surface area contributed by atoms with Crippen molar-refractivity contribution in [3.05, 3.63) is 64.7 Å². The van der Waals surface area contributed by atoms with E-state index in [-0.39, 0.29) is 17.6 Å². The molecule has 0 unspecified atom stereocenters. The SMILES string of the molecule is CCS(=O)(=O)N1CCC(C(=O)N(Cc2ccccc2)c2cc(Cl)ccc2C#N)CC1. The van der Waals surface area contributed by atoms with E-state index < -0.39 is 10.0 Å². The zero-order chi connectivity index (χ0) is 21.7. The number of nitrogens with zero attached hydrogens (tertiary/aromatic N) is 3. The Bertz CT molecular complexity index is 1040. The Hall–Kier alpha value is -2.40. The molecule has 0 N–H and O–H groups in total. The lowest BCUT2D eigenvalue weighted by Gasteiger charge is -2.34. The fourth-order valence-corrected chi connectivity index (χ4v) is 4.95. The maximum absolute atomic E-state index is 13.5. The fraction of sp³-hybridized carbons (Fsp3) is 0.364. The van der Waals surface area contributed by atoms with Crippen LogP contribution in [0.5, 0.6) is 0 Å². The minimum absolute atomic E-state index is 0.0553. The molecule has 0 radical (unpaired) electrons. The molecule has 0 atom stereocenters. The van der Waals surface area contributed by atoms with Crippen molar-refractivity contribution in [1.29, 1.82) is 5.26 Å². The number of anilines is 1. The summed E-state index contributed by atoms with van der Waals surface area (Å²) in [4.78, 5) is 15.1. The van der Waals surface area contributed by atoms with Crippen LogP contribution in [-0.4, -0.2) is 37.5 Å². The molecular formula is C22H24ClN3O3S. The molecule has 0 bridgehead atoms. The van der Waals surface area contributed by atoms with Crippen LogP contribution >= 0.6 is 11.6 Å². The molecule has 0 aromatic heterocycles. The first kappa shape index (κ1) is 22.3. The second-order valence-electron chi connectivity index (χ2n) is 7.26. The Morgan fingerprint density at radius 2 is 1.87 bits per heavy atom. The summed E-state index contributed by atoms with van der Waals surface area (Å²) in [6.07, 6.45) is 0.900. The van der Waals surface area contributed by atoms with Crippen LogP contribution in [-0.2, 0) is 21.4 Å². The lowest BCUT2D eigenvalue weighted by Crippen LogP contribution is -2.45. The van der Waals surface area contributed by atoms with E-state index in [1.165, 1.54) is 4.31 Å². The Morgan fingerprint density at radius 3 is 2.47 bits per heavy atom. The third-order valence-corrected chi connectivity index (χ3v) is 7.50. The second-order valence-corrected chi connectivity index (χ2v) is 9.95. The van der Waals surface area contributed by atoms with Crippen LogP contribution in [0, 0.1) is 17.2 Å². The van der Waals surface area contributed by atoms with Crippen LogP contribution in [0.2, 0.25) is 5.02 Å². The van der Waals surface area contributed by atoms with Crippen molar-refractivity contribution < 1.29 is 13.2 Å². The Labute approximate surface area is 182 Å². The summed E-state index contributed by atoms with van der Waals surface area (Å²) in [6, 6.07) is 16.6. The van der Waals surface area contributed by atoms with Gasteiger partial charge in [-0.05, 0) is 43.5 Å². The zero-order valence-electron chi connectivity index (χ0n) is 16.8. The van der Waals surface area contributed by atoms with E-state index in [4.69, 9.17) is 11.6 Å². The van der Waals surface area contributed by atoms with Crippen molar-refractivity contribution in [2.75, 3.05) is 23.7 Å². The van der Waals surface area contributed by atoms with Crippen LogP contribution in [0.1, 0.15) is 30.9 Å². The van der Waals surface area contributed by atoms with E-state index in [1.54, 1.807) is 30.0 Å². The molecule has 1 heterocycles. The van der Waals surface area contributed by atoms with Gasteiger partial charge >= 0.3 is 0 Å². The molecule has 2 aromatic rings. The first-order valence-electron chi connectivity index (χ1n) is 9.88. The molecule has 158 valence electrons. The van der Waals surface area contributed by atoms with Crippen molar-refractivity contribution in [3.63, 3.8) is 0 Å². The van der Waals surface area contributed by atoms with Crippen LogP contribution in [0.25, 0.3) is 0 Å². The third-order valence-electron chi connectivity index (χ3n) is 5.38. The summed E-state index contributed by atoms with van der Waals surface area (Å²) in [5.41, 5.74) is 1.78. The molecule has 8 heteroatoms. The molecule has 6 nitrogen and oxygen atoms in total. The van der Waals surface area contributed by atoms with Crippen molar-refractivity contribution in [2.24, 2.45) is 5.92 Å². The molecule has 0 aliphatic carbocycles. The molecule has 2 aromatic carbocycles. The van der Waals surface area contributed by atoms with Crippen molar-refractivity contribution in [3.8, 4) is 6.07 Å². The highest BCUT2D eigenvalue weighted by molar-refractivity contribution is 7.89. The van der Waals surface area contributed by atoms with E-state index in [2.05, 4.69) is 6.07 Å². The Kier molecular flexibility index (Phi) is 7.14. The molecule has 1 fully saturated rings. The summed E-state index contributed by atoms with van der Waals surface area (Å²) in [5.74, 6) is -0.381. The van der Waals surface area contributed by atoms with Crippen molar-refractivity contribution in [2.45, 2.75) is 26.3 Å². The standard InChI is InChI=1S/C22H24ClN3O3S/c1-2-30(28,29)25-12-10-18(11-13-25)22(27)26(16-17-6-4-3-5-7-17)21-14-20(23)9-8-19(21)15-24/h3-9,14,18H,2,10-13,16H2,1H3. The van der Waals surface area contributed by atoms with Crippen LogP contribution < -0.4 is 4.90 Å². The molecular weight excluding hydrogens is 422 g/mol. The first-order chi connectivity index (χ1) is 14.4. The number of benzene rings is 2. The molecule has 0 spiro atoms. The molecule has 3 rings (SSSR count). The number of hydrogen-bond donors (Lipinski definition) is 0. The first-order valence-corrected chi connectivity index (χ1v) is 11.9. The van der Waals surface area contributed by atoms with E-state index in [9.17, 15) is 18.5 Å². The monoisotopic (exact) mass is 445 g/mol. The van der Waals surface area contributed by atoms with Gasteiger partial charge in [0.2, 0.25) is 15.9 Å². The minimum atomic E-state index is -3.26. The topological polar surface area (TPSA) is 81.5 Å². The molecule has 30 heavy (non-hydrogen) atoms.